The number of sulfonamides is 1. The topological polar surface area (TPSA) is 141 Å². The highest BCUT2D eigenvalue weighted by Gasteiger charge is 2.33. The number of aromatic nitrogens is 1. The van der Waals surface area contributed by atoms with Gasteiger partial charge >= 0.3 is 5.97 Å². The van der Waals surface area contributed by atoms with Gasteiger partial charge in [0.05, 0.1) is 42.9 Å². The average molecular weight is 674 g/mol. The minimum absolute atomic E-state index is 0.210. The summed E-state index contributed by atoms with van der Waals surface area (Å²) < 4.78 is 63.7. The molecule has 0 spiro atoms. The molecule has 1 amide bonds. The zero-order chi connectivity index (χ0) is 34.5. The fourth-order valence-corrected chi connectivity index (χ4v) is 6.40. The number of oxazole rings is 1. The van der Waals surface area contributed by atoms with Crippen LogP contribution in [-0.4, -0.2) is 59.8 Å². The SMILES string of the molecule is CNC(=O)c1c(-c2ccc(F)cc2)oc2cc(N(C)S(C)(=O)=O)c(C3C=C(c4nc5cc(C(=O)OC)ccc5o4)C(OC)=CC3C)cc12. The number of hydrogen-bond acceptors (Lipinski definition) is 9. The summed E-state index contributed by atoms with van der Waals surface area (Å²) in [5.41, 5.74) is 3.55. The molecule has 6 rings (SSSR count). The van der Waals surface area contributed by atoms with Crippen LogP contribution in [0.4, 0.5) is 10.1 Å². The normalized spacial score (nSPS) is 16.4. The second-order valence-corrected chi connectivity index (χ2v) is 13.4. The first-order valence-electron chi connectivity index (χ1n) is 14.8. The van der Waals surface area contributed by atoms with Crippen molar-refractivity contribution in [3.63, 3.8) is 0 Å². The van der Waals surface area contributed by atoms with Crippen molar-refractivity contribution in [1.29, 1.82) is 0 Å². The predicted molar refractivity (Wildman–Crippen MR) is 179 cm³/mol. The lowest BCUT2D eigenvalue weighted by molar-refractivity contribution is 0.0600. The predicted octanol–water partition coefficient (Wildman–Crippen LogP) is 6.27. The summed E-state index contributed by atoms with van der Waals surface area (Å²) in [6.45, 7) is 1.96. The molecule has 0 saturated heterocycles. The molecule has 1 aliphatic rings. The Balaban J connectivity index is 1.58. The molecule has 2 aromatic heterocycles. The summed E-state index contributed by atoms with van der Waals surface area (Å²) >= 11 is 0. The largest absolute Gasteiger partial charge is 0.496 e. The number of methoxy groups -OCH3 is 2. The minimum atomic E-state index is -3.75. The summed E-state index contributed by atoms with van der Waals surface area (Å²) in [5, 5.41) is 3.09. The molecule has 0 saturated carbocycles. The van der Waals surface area contributed by atoms with Gasteiger partial charge in [0.15, 0.2) is 5.58 Å². The number of allylic oxidation sites excluding steroid dienone is 3. The van der Waals surface area contributed by atoms with Crippen molar-refractivity contribution >= 4 is 55.2 Å². The summed E-state index contributed by atoms with van der Waals surface area (Å²) in [4.78, 5) is 30.1. The second-order valence-electron chi connectivity index (χ2n) is 11.4. The number of carbonyl (C=O) groups is 2. The van der Waals surface area contributed by atoms with Crippen LogP contribution < -0.4 is 9.62 Å². The fourth-order valence-electron chi connectivity index (χ4n) is 5.88. The van der Waals surface area contributed by atoms with Crippen molar-refractivity contribution in [3.05, 3.63) is 101 Å². The standard InChI is InChI=1S/C35H32FN3O8S/c1-18-13-29(44-4)25(34-38-26-14-20(35(41)45-5)9-12-28(26)47-34)15-22(18)23-16-24-30(17-27(23)39(3)48(6,42)43)46-32(31(24)33(40)37-2)19-7-10-21(36)11-8-19/h7-18,22H,1-6H3,(H,37,40). The molecule has 1 aliphatic carbocycles. The van der Waals surface area contributed by atoms with E-state index in [4.69, 9.17) is 18.3 Å². The van der Waals surface area contributed by atoms with Gasteiger partial charge in [-0.15, -0.1) is 0 Å². The van der Waals surface area contributed by atoms with E-state index < -0.39 is 33.6 Å². The van der Waals surface area contributed by atoms with E-state index in [-0.39, 0.29) is 28.7 Å². The molecule has 13 heteroatoms. The number of hydrogen-bond donors (Lipinski definition) is 1. The summed E-state index contributed by atoms with van der Waals surface area (Å²) in [6.07, 6.45) is 4.87. The smallest absolute Gasteiger partial charge is 0.337 e. The Morgan fingerprint density at radius 2 is 1.73 bits per heavy atom. The van der Waals surface area contributed by atoms with Crippen molar-refractivity contribution in [1.82, 2.24) is 10.3 Å². The van der Waals surface area contributed by atoms with E-state index >= 15 is 0 Å². The number of nitrogens with one attached hydrogen (secondary N) is 1. The van der Waals surface area contributed by atoms with Gasteiger partial charge < -0.3 is 23.6 Å². The summed E-state index contributed by atoms with van der Waals surface area (Å²) in [5.74, 6) is -1.16. The number of fused-ring (bicyclic) bond motifs is 2. The zero-order valence-electron chi connectivity index (χ0n) is 27.0. The fraction of sp³-hybridized carbons (Fsp3) is 0.229. The number of carbonyl (C=O) groups excluding carboxylic acids is 2. The molecule has 5 aromatic rings. The lowest BCUT2D eigenvalue weighted by Crippen LogP contribution is -2.27. The van der Waals surface area contributed by atoms with E-state index in [9.17, 15) is 22.4 Å². The van der Waals surface area contributed by atoms with Crippen LogP contribution in [0.5, 0.6) is 0 Å². The van der Waals surface area contributed by atoms with Gasteiger partial charge in [-0.25, -0.2) is 22.6 Å². The lowest BCUT2D eigenvalue weighted by atomic mass is 9.80. The van der Waals surface area contributed by atoms with Crippen molar-refractivity contribution in [3.8, 4) is 11.3 Å². The summed E-state index contributed by atoms with van der Waals surface area (Å²) in [6, 6.07) is 13.7. The molecule has 1 N–H and O–H groups in total. The maximum atomic E-state index is 13.8. The van der Waals surface area contributed by atoms with E-state index in [1.54, 1.807) is 30.3 Å². The highest BCUT2D eigenvalue weighted by Crippen LogP contribution is 2.46. The van der Waals surface area contributed by atoms with E-state index in [0.717, 1.165) is 10.6 Å². The Morgan fingerprint density at radius 1 is 1.00 bits per heavy atom. The first kappa shape index (κ1) is 32.5. The third-order valence-electron chi connectivity index (χ3n) is 8.45. The van der Waals surface area contributed by atoms with Crippen LogP contribution in [0.3, 0.4) is 0 Å². The molecule has 2 heterocycles. The van der Waals surface area contributed by atoms with Gasteiger partial charge in [-0.1, -0.05) is 13.0 Å². The molecule has 2 atom stereocenters. The van der Waals surface area contributed by atoms with Crippen molar-refractivity contribution in [2.24, 2.45) is 5.92 Å². The monoisotopic (exact) mass is 673 g/mol. The number of rotatable bonds is 8. The highest BCUT2D eigenvalue weighted by molar-refractivity contribution is 7.92. The molecule has 2 unspecified atom stereocenters. The molecule has 0 fully saturated rings. The Morgan fingerprint density at radius 3 is 2.38 bits per heavy atom. The second kappa shape index (κ2) is 12.3. The van der Waals surface area contributed by atoms with Gasteiger partial charge in [0.1, 0.15) is 28.4 Å². The zero-order valence-corrected chi connectivity index (χ0v) is 27.8. The summed E-state index contributed by atoms with van der Waals surface area (Å²) in [7, 11) is 2.00. The maximum absolute atomic E-state index is 13.8. The highest BCUT2D eigenvalue weighted by atomic mass is 32.2. The van der Waals surface area contributed by atoms with Crippen LogP contribution in [0.25, 0.3) is 39.0 Å². The molecule has 248 valence electrons. The van der Waals surface area contributed by atoms with Gasteiger partial charge in [0.2, 0.25) is 15.9 Å². The third-order valence-corrected chi connectivity index (χ3v) is 9.64. The van der Waals surface area contributed by atoms with Crippen LogP contribution in [0.15, 0.2) is 81.3 Å². The van der Waals surface area contributed by atoms with Crippen LogP contribution in [0, 0.1) is 11.7 Å². The number of furan rings is 1. The van der Waals surface area contributed by atoms with Crippen molar-refractivity contribution in [2.75, 3.05) is 38.9 Å². The lowest BCUT2D eigenvalue weighted by Gasteiger charge is -2.29. The molecular weight excluding hydrogens is 641 g/mol. The third kappa shape index (κ3) is 5.70. The van der Waals surface area contributed by atoms with Gasteiger partial charge in [-0.05, 0) is 66.1 Å². The quantitative estimate of drug-likeness (QED) is 0.189. The molecule has 0 aliphatic heterocycles. The van der Waals surface area contributed by atoms with Gasteiger partial charge in [-0.3, -0.25) is 9.10 Å². The molecule has 0 bridgehead atoms. The first-order valence-corrected chi connectivity index (χ1v) is 16.7. The van der Waals surface area contributed by atoms with E-state index in [1.807, 2.05) is 19.1 Å². The number of amides is 1. The molecular formula is C35H32FN3O8S. The molecule has 11 nitrogen and oxygen atoms in total. The van der Waals surface area contributed by atoms with E-state index in [2.05, 4.69) is 10.3 Å². The van der Waals surface area contributed by atoms with Crippen molar-refractivity contribution in [2.45, 2.75) is 12.8 Å². The Kier molecular flexibility index (Phi) is 8.33. The Hall–Kier alpha value is -5.43. The number of esters is 1. The molecule has 0 radical (unpaired) electrons. The van der Waals surface area contributed by atoms with Crippen molar-refractivity contribution < 1.29 is 40.7 Å². The van der Waals surface area contributed by atoms with Crippen LogP contribution in [-0.2, 0) is 19.5 Å². The first-order chi connectivity index (χ1) is 22.8. The maximum Gasteiger partial charge on any atom is 0.337 e. The minimum Gasteiger partial charge on any atom is -0.496 e. The Bertz CT molecular complexity index is 2270. The van der Waals surface area contributed by atoms with Crippen LogP contribution in [0.2, 0.25) is 0 Å². The van der Waals surface area contributed by atoms with E-state index in [0.29, 0.717) is 50.2 Å². The van der Waals surface area contributed by atoms with Gasteiger partial charge in [0, 0.05) is 37.0 Å². The molecule has 48 heavy (non-hydrogen) atoms. The van der Waals surface area contributed by atoms with Gasteiger partial charge in [0.25, 0.3) is 5.91 Å². The van der Waals surface area contributed by atoms with E-state index in [1.165, 1.54) is 52.6 Å². The Labute approximate surface area is 275 Å². The number of nitrogens with zero attached hydrogens (tertiary/aromatic N) is 2. The van der Waals surface area contributed by atoms with Crippen LogP contribution >= 0.6 is 0 Å². The average Bonchev–Trinajstić information content (AvgIpc) is 3.67. The molecule has 3 aromatic carbocycles. The number of benzene rings is 3. The number of ether oxygens (including phenoxy) is 2. The van der Waals surface area contributed by atoms with Gasteiger partial charge in [-0.2, -0.15) is 0 Å². The number of halogens is 1. The number of anilines is 1. The van der Waals surface area contributed by atoms with Crippen LogP contribution in [0.1, 0.15) is 45.0 Å².